The van der Waals surface area contributed by atoms with Gasteiger partial charge in [-0.15, -0.1) is 0 Å². The lowest BCUT2D eigenvalue weighted by Gasteiger charge is -2.25. The van der Waals surface area contributed by atoms with Crippen LogP contribution in [-0.2, 0) is 11.3 Å². The molecule has 0 saturated carbocycles. The maximum atomic E-state index is 11.8. The Morgan fingerprint density at radius 2 is 2.17 bits per heavy atom. The third-order valence-electron chi connectivity index (χ3n) is 2.69. The van der Waals surface area contributed by atoms with Crippen LogP contribution in [0.1, 0.15) is 26.3 Å². The quantitative estimate of drug-likeness (QED) is 0.839. The van der Waals surface area contributed by atoms with Crippen LogP contribution in [0.3, 0.4) is 0 Å². The summed E-state index contributed by atoms with van der Waals surface area (Å²) in [5, 5.41) is 2.80. The van der Waals surface area contributed by atoms with Gasteiger partial charge in [0.25, 0.3) is 0 Å². The molecule has 100 valence electrons. The molecular formula is C13H21N3O2. The van der Waals surface area contributed by atoms with E-state index in [0.29, 0.717) is 12.4 Å². The van der Waals surface area contributed by atoms with Crippen LogP contribution in [0.15, 0.2) is 18.3 Å². The molecule has 3 N–H and O–H groups in total. The number of hydrogen-bond acceptors (Lipinski definition) is 4. The van der Waals surface area contributed by atoms with E-state index in [1.165, 1.54) is 0 Å². The lowest BCUT2D eigenvalue weighted by atomic mass is 9.87. The van der Waals surface area contributed by atoms with Crippen LogP contribution in [0, 0.1) is 5.41 Å². The van der Waals surface area contributed by atoms with Crippen LogP contribution in [0.25, 0.3) is 0 Å². The Balaban J connectivity index is 2.52. The summed E-state index contributed by atoms with van der Waals surface area (Å²) in [6.45, 7) is 6.23. The number of aromatic nitrogens is 1. The Morgan fingerprint density at radius 3 is 2.61 bits per heavy atom. The third-order valence-corrected chi connectivity index (χ3v) is 2.69. The lowest BCUT2D eigenvalue weighted by molar-refractivity contribution is -0.124. The van der Waals surface area contributed by atoms with Gasteiger partial charge >= 0.3 is 0 Å². The van der Waals surface area contributed by atoms with Gasteiger partial charge in [0, 0.05) is 18.8 Å². The minimum Gasteiger partial charge on any atom is -0.481 e. The van der Waals surface area contributed by atoms with E-state index in [0.717, 1.165) is 5.56 Å². The maximum absolute atomic E-state index is 11.8. The van der Waals surface area contributed by atoms with Gasteiger partial charge in [-0.3, -0.25) is 4.79 Å². The van der Waals surface area contributed by atoms with Crippen LogP contribution in [0.5, 0.6) is 5.88 Å². The number of ether oxygens (including phenoxy) is 1. The van der Waals surface area contributed by atoms with Crippen molar-refractivity contribution >= 4 is 5.91 Å². The SMILES string of the molecule is COc1ccc(CNC(=O)C(N)C(C)(C)C)cn1. The molecule has 0 fully saturated rings. The van der Waals surface area contributed by atoms with Crippen molar-refractivity contribution < 1.29 is 9.53 Å². The standard InChI is InChI=1S/C13H21N3O2/c1-13(2,3)11(14)12(17)16-8-9-5-6-10(18-4)15-7-9/h5-7,11H,8,14H2,1-4H3,(H,16,17). The number of hydrogen-bond donors (Lipinski definition) is 2. The summed E-state index contributed by atoms with van der Waals surface area (Å²) >= 11 is 0. The van der Waals surface area contributed by atoms with Gasteiger partial charge < -0.3 is 15.8 Å². The number of nitrogens with one attached hydrogen (secondary N) is 1. The van der Waals surface area contributed by atoms with Crippen molar-refractivity contribution in [3.63, 3.8) is 0 Å². The molecule has 1 rings (SSSR count). The van der Waals surface area contributed by atoms with Gasteiger partial charge in [0.2, 0.25) is 11.8 Å². The van der Waals surface area contributed by atoms with Crippen molar-refractivity contribution in [1.29, 1.82) is 0 Å². The Hall–Kier alpha value is -1.62. The molecule has 5 heteroatoms. The molecule has 1 amide bonds. The van der Waals surface area contributed by atoms with Crippen LogP contribution in [0.2, 0.25) is 0 Å². The van der Waals surface area contributed by atoms with Crippen LogP contribution in [0.4, 0.5) is 0 Å². The predicted octanol–water partition coefficient (Wildman–Crippen LogP) is 1.08. The number of carbonyl (C=O) groups excluding carboxylic acids is 1. The summed E-state index contributed by atoms with van der Waals surface area (Å²) in [7, 11) is 1.56. The Morgan fingerprint density at radius 1 is 1.50 bits per heavy atom. The smallest absolute Gasteiger partial charge is 0.237 e. The van der Waals surface area contributed by atoms with E-state index in [1.54, 1.807) is 19.4 Å². The largest absolute Gasteiger partial charge is 0.481 e. The number of nitrogens with zero attached hydrogens (tertiary/aromatic N) is 1. The number of methoxy groups -OCH3 is 1. The van der Waals surface area contributed by atoms with Gasteiger partial charge in [0.15, 0.2) is 0 Å². The van der Waals surface area contributed by atoms with E-state index in [9.17, 15) is 4.79 Å². The lowest BCUT2D eigenvalue weighted by Crippen LogP contribution is -2.48. The zero-order valence-electron chi connectivity index (χ0n) is 11.4. The second-order valence-corrected chi connectivity index (χ2v) is 5.27. The van der Waals surface area contributed by atoms with Crippen LogP contribution >= 0.6 is 0 Å². The Kier molecular flexibility index (Phi) is 4.67. The summed E-state index contributed by atoms with van der Waals surface area (Å²) in [5.74, 6) is 0.398. The first kappa shape index (κ1) is 14.4. The highest BCUT2D eigenvalue weighted by Crippen LogP contribution is 2.17. The zero-order valence-corrected chi connectivity index (χ0v) is 11.4. The minimum atomic E-state index is -0.524. The fourth-order valence-electron chi connectivity index (χ4n) is 1.33. The first-order valence-electron chi connectivity index (χ1n) is 5.87. The number of rotatable bonds is 4. The molecule has 0 aliphatic heterocycles. The zero-order chi connectivity index (χ0) is 13.8. The highest BCUT2D eigenvalue weighted by molar-refractivity contribution is 5.82. The predicted molar refractivity (Wildman–Crippen MR) is 70.1 cm³/mol. The molecule has 1 atom stereocenters. The summed E-state index contributed by atoms with van der Waals surface area (Å²) in [6, 6.07) is 3.09. The Labute approximate surface area is 108 Å². The van der Waals surface area contributed by atoms with E-state index in [1.807, 2.05) is 26.8 Å². The average Bonchev–Trinajstić information content (AvgIpc) is 2.34. The molecule has 1 unspecified atom stereocenters. The van der Waals surface area contributed by atoms with Crippen molar-refractivity contribution in [1.82, 2.24) is 10.3 Å². The van der Waals surface area contributed by atoms with Gasteiger partial charge in [-0.2, -0.15) is 0 Å². The van der Waals surface area contributed by atoms with E-state index in [2.05, 4.69) is 10.3 Å². The Bertz CT molecular complexity index is 396. The van der Waals surface area contributed by atoms with Crippen molar-refractivity contribution in [2.45, 2.75) is 33.4 Å². The minimum absolute atomic E-state index is 0.154. The monoisotopic (exact) mass is 251 g/mol. The van der Waals surface area contributed by atoms with E-state index < -0.39 is 6.04 Å². The first-order chi connectivity index (χ1) is 8.34. The number of nitrogens with two attached hydrogens (primary N) is 1. The first-order valence-corrected chi connectivity index (χ1v) is 5.87. The van der Waals surface area contributed by atoms with Gasteiger partial charge in [-0.05, 0) is 11.0 Å². The normalized spacial score (nSPS) is 12.9. The molecule has 0 bridgehead atoms. The fourth-order valence-corrected chi connectivity index (χ4v) is 1.33. The molecule has 0 aliphatic carbocycles. The topological polar surface area (TPSA) is 77.2 Å². The molecular weight excluding hydrogens is 230 g/mol. The third kappa shape index (κ3) is 4.00. The molecule has 5 nitrogen and oxygen atoms in total. The average molecular weight is 251 g/mol. The molecule has 1 heterocycles. The maximum Gasteiger partial charge on any atom is 0.237 e. The fraction of sp³-hybridized carbons (Fsp3) is 0.538. The number of amides is 1. The van der Waals surface area contributed by atoms with Crippen molar-refractivity contribution in [3.05, 3.63) is 23.9 Å². The molecule has 1 aromatic rings. The van der Waals surface area contributed by atoms with Crippen molar-refractivity contribution in [2.24, 2.45) is 11.1 Å². The second-order valence-electron chi connectivity index (χ2n) is 5.27. The highest BCUT2D eigenvalue weighted by Gasteiger charge is 2.26. The number of carbonyl (C=O) groups is 1. The summed E-state index contributed by atoms with van der Waals surface area (Å²) in [4.78, 5) is 15.9. The summed E-state index contributed by atoms with van der Waals surface area (Å²) in [6.07, 6.45) is 1.67. The van der Waals surface area contributed by atoms with Gasteiger partial charge in [-0.1, -0.05) is 26.8 Å². The number of pyridine rings is 1. The summed E-state index contributed by atoms with van der Waals surface area (Å²) < 4.78 is 4.96. The van der Waals surface area contributed by atoms with Crippen molar-refractivity contribution in [2.75, 3.05) is 7.11 Å². The second kappa shape index (κ2) is 5.82. The summed E-state index contributed by atoms with van der Waals surface area (Å²) in [5.41, 5.74) is 6.52. The molecule has 18 heavy (non-hydrogen) atoms. The van der Waals surface area contributed by atoms with Crippen LogP contribution < -0.4 is 15.8 Å². The highest BCUT2D eigenvalue weighted by atomic mass is 16.5. The molecule has 0 aromatic carbocycles. The van der Waals surface area contributed by atoms with Gasteiger partial charge in [-0.25, -0.2) is 4.98 Å². The molecule has 0 saturated heterocycles. The molecule has 0 aliphatic rings. The molecule has 1 aromatic heterocycles. The van der Waals surface area contributed by atoms with E-state index in [-0.39, 0.29) is 11.3 Å². The van der Waals surface area contributed by atoms with Gasteiger partial charge in [0.05, 0.1) is 13.2 Å². The van der Waals surface area contributed by atoms with Crippen LogP contribution in [-0.4, -0.2) is 24.0 Å². The molecule has 0 spiro atoms. The van der Waals surface area contributed by atoms with E-state index in [4.69, 9.17) is 10.5 Å². The van der Waals surface area contributed by atoms with Gasteiger partial charge in [0.1, 0.15) is 0 Å². The molecule has 0 radical (unpaired) electrons. The van der Waals surface area contributed by atoms with Crippen molar-refractivity contribution in [3.8, 4) is 5.88 Å². The van der Waals surface area contributed by atoms with E-state index >= 15 is 0 Å².